The van der Waals surface area contributed by atoms with E-state index in [1.807, 2.05) is 26.0 Å². The number of hydrogen-bond donors (Lipinski definition) is 1. The Hall–Kier alpha value is -2.21. The van der Waals surface area contributed by atoms with Gasteiger partial charge in [-0.2, -0.15) is 0 Å². The van der Waals surface area contributed by atoms with Gasteiger partial charge in [0.15, 0.2) is 0 Å². The Bertz CT molecular complexity index is 835. The summed E-state index contributed by atoms with van der Waals surface area (Å²) in [5, 5.41) is 2.87. The Morgan fingerprint density at radius 3 is 2.79 bits per heavy atom. The Balaban J connectivity index is 1.87. The monoisotopic (exact) mass is 329 g/mol. The largest absolute Gasteiger partial charge is 0.376 e. The lowest BCUT2D eigenvalue weighted by Crippen LogP contribution is -2.37. The van der Waals surface area contributed by atoms with Gasteiger partial charge in [-0.05, 0) is 56.9 Å². The van der Waals surface area contributed by atoms with Gasteiger partial charge in [0, 0.05) is 13.2 Å². The summed E-state index contributed by atoms with van der Waals surface area (Å²) in [6.45, 7) is 6.92. The molecule has 0 spiro atoms. The van der Waals surface area contributed by atoms with E-state index in [2.05, 4.69) is 10.3 Å². The highest BCUT2D eigenvalue weighted by atomic mass is 16.5. The third kappa shape index (κ3) is 3.33. The number of amides is 1. The number of ether oxygens (including phenoxy) is 1. The van der Waals surface area contributed by atoms with Crippen molar-refractivity contribution in [3.63, 3.8) is 0 Å². The number of nitrogens with zero attached hydrogens (tertiary/aromatic N) is 2. The first-order valence-electron chi connectivity index (χ1n) is 8.32. The van der Waals surface area contributed by atoms with E-state index in [9.17, 15) is 9.59 Å². The van der Waals surface area contributed by atoms with Crippen LogP contribution in [0.4, 0.5) is 0 Å². The zero-order valence-corrected chi connectivity index (χ0v) is 14.4. The van der Waals surface area contributed by atoms with E-state index in [4.69, 9.17) is 4.74 Å². The molecule has 6 nitrogen and oxygen atoms in total. The van der Waals surface area contributed by atoms with Crippen molar-refractivity contribution in [3.05, 3.63) is 39.3 Å². The molecule has 1 saturated heterocycles. The molecule has 0 saturated carbocycles. The molecule has 1 aliphatic rings. The lowest BCUT2D eigenvalue weighted by Gasteiger charge is -2.14. The van der Waals surface area contributed by atoms with Gasteiger partial charge in [-0.3, -0.25) is 14.2 Å². The van der Waals surface area contributed by atoms with E-state index < -0.39 is 0 Å². The fourth-order valence-corrected chi connectivity index (χ4v) is 3.01. The van der Waals surface area contributed by atoms with E-state index in [1.54, 1.807) is 6.92 Å². The molecule has 6 heteroatoms. The number of carbonyl (C=O) groups is 1. The number of fused-ring (bicyclic) bond motifs is 1. The molecule has 128 valence electrons. The van der Waals surface area contributed by atoms with Gasteiger partial charge < -0.3 is 10.1 Å². The minimum atomic E-state index is -0.224. The summed E-state index contributed by atoms with van der Waals surface area (Å²) < 4.78 is 7.01. The van der Waals surface area contributed by atoms with Crippen molar-refractivity contribution in [3.8, 4) is 0 Å². The highest BCUT2D eigenvalue weighted by Crippen LogP contribution is 2.17. The first kappa shape index (κ1) is 16.6. The van der Waals surface area contributed by atoms with Crippen LogP contribution in [0.1, 0.15) is 29.7 Å². The average molecular weight is 329 g/mol. The maximum absolute atomic E-state index is 12.5. The molecule has 1 aromatic heterocycles. The number of aromatic nitrogens is 2. The summed E-state index contributed by atoms with van der Waals surface area (Å²) >= 11 is 0. The number of benzene rings is 1. The molecule has 1 aliphatic heterocycles. The molecular formula is C18H23N3O3. The lowest BCUT2D eigenvalue weighted by atomic mass is 10.1. The minimum absolute atomic E-state index is 0.00604. The Morgan fingerprint density at radius 1 is 1.33 bits per heavy atom. The maximum Gasteiger partial charge on any atom is 0.272 e. The van der Waals surface area contributed by atoms with E-state index in [-0.39, 0.29) is 24.1 Å². The molecule has 0 aliphatic carbocycles. The van der Waals surface area contributed by atoms with E-state index in [0.29, 0.717) is 17.8 Å². The van der Waals surface area contributed by atoms with E-state index in [1.165, 1.54) is 4.57 Å². The first-order valence-corrected chi connectivity index (χ1v) is 8.32. The van der Waals surface area contributed by atoms with Crippen LogP contribution in [0.15, 0.2) is 16.9 Å². The molecule has 3 rings (SSSR count). The average Bonchev–Trinajstić information content (AvgIpc) is 3.05. The second-order valence-electron chi connectivity index (χ2n) is 6.45. The second kappa shape index (κ2) is 6.73. The predicted octanol–water partition coefficient (Wildman–Crippen LogP) is 1.62. The molecule has 1 atom stereocenters. The summed E-state index contributed by atoms with van der Waals surface area (Å²) in [4.78, 5) is 29.1. The number of nitrogens with one attached hydrogen (secondary N) is 1. The molecule has 2 heterocycles. The van der Waals surface area contributed by atoms with Crippen LogP contribution in [0.25, 0.3) is 11.0 Å². The standard InChI is InChI=1S/C18H23N3O3/c1-11-7-15-16(8-12(11)2)21(18(23)13(3)20-15)10-17(22)19-9-14-5-4-6-24-14/h7-8,14H,4-6,9-10H2,1-3H3,(H,19,22)/t14-/m0/s1. The smallest absolute Gasteiger partial charge is 0.272 e. The fraction of sp³-hybridized carbons (Fsp3) is 0.500. The van der Waals surface area contributed by atoms with Gasteiger partial charge in [-0.25, -0.2) is 4.98 Å². The summed E-state index contributed by atoms with van der Waals surface area (Å²) in [5.41, 5.74) is 3.79. The van der Waals surface area contributed by atoms with Crippen molar-refractivity contribution in [2.45, 2.75) is 46.3 Å². The Labute approximate surface area is 140 Å². The normalized spacial score (nSPS) is 17.4. The molecule has 0 unspecified atom stereocenters. The summed E-state index contributed by atoms with van der Waals surface area (Å²) in [7, 11) is 0. The van der Waals surface area contributed by atoms with Crippen molar-refractivity contribution in [1.82, 2.24) is 14.9 Å². The van der Waals surface area contributed by atoms with Crippen molar-refractivity contribution in [2.75, 3.05) is 13.2 Å². The predicted molar refractivity (Wildman–Crippen MR) is 92.2 cm³/mol. The molecule has 24 heavy (non-hydrogen) atoms. The summed E-state index contributed by atoms with van der Waals surface area (Å²) in [5.74, 6) is -0.183. The molecule has 2 aromatic rings. The lowest BCUT2D eigenvalue weighted by molar-refractivity contribution is -0.122. The summed E-state index contributed by atoms with van der Waals surface area (Å²) in [6, 6.07) is 3.88. The summed E-state index contributed by atoms with van der Waals surface area (Å²) in [6.07, 6.45) is 2.09. The van der Waals surface area contributed by atoms with Gasteiger partial charge >= 0.3 is 0 Å². The SMILES string of the molecule is Cc1cc2nc(C)c(=O)n(CC(=O)NC[C@@H]3CCCO3)c2cc1C. The van der Waals surface area contributed by atoms with Crippen LogP contribution in [0, 0.1) is 20.8 Å². The molecule has 1 N–H and O–H groups in total. The van der Waals surface area contributed by atoms with E-state index in [0.717, 1.165) is 36.1 Å². The van der Waals surface area contributed by atoms with Crippen LogP contribution in [-0.4, -0.2) is 34.7 Å². The van der Waals surface area contributed by atoms with Gasteiger partial charge in [0.1, 0.15) is 12.2 Å². The molecular weight excluding hydrogens is 306 g/mol. The quantitative estimate of drug-likeness (QED) is 0.925. The van der Waals surface area contributed by atoms with Crippen molar-refractivity contribution in [1.29, 1.82) is 0 Å². The molecule has 1 aromatic carbocycles. The van der Waals surface area contributed by atoms with Crippen molar-refractivity contribution < 1.29 is 9.53 Å². The highest BCUT2D eigenvalue weighted by Gasteiger charge is 2.17. The van der Waals surface area contributed by atoms with Crippen LogP contribution >= 0.6 is 0 Å². The van der Waals surface area contributed by atoms with Crippen LogP contribution in [-0.2, 0) is 16.1 Å². The third-order valence-electron chi connectivity index (χ3n) is 4.58. The topological polar surface area (TPSA) is 73.2 Å². The zero-order chi connectivity index (χ0) is 17.3. The van der Waals surface area contributed by atoms with Crippen LogP contribution in [0.5, 0.6) is 0 Å². The third-order valence-corrected chi connectivity index (χ3v) is 4.58. The maximum atomic E-state index is 12.5. The van der Waals surface area contributed by atoms with Crippen molar-refractivity contribution >= 4 is 16.9 Å². The molecule has 0 radical (unpaired) electrons. The minimum Gasteiger partial charge on any atom is -0.376 e. The number of rotatable bonds is 4. The van der Waals surface area contributed by atoms with Crippen LogP contribution in [0.2, 0.25) is 0 Å². The Kier molecular flexibility index (Phi) is 4.66. The van der Waals surface area contributed by atoms with Gasteiger partial charge in [-0.1, -0.05) is 0 Å². The number of carbonyl (C=O) groups excluding carboxylic acids is 1. The van der Waals surface area contributed by atoms with Crippen molar-refractivity contribution in [2.24, 2.45) is 0 Å². The van der Waals surface area contributed by atoms with Gasteiger partial charge in [0.05, 0.1) is 17.1 Å². The van der Waals surface area contributed by atoms with Crippen LogP contribution < -0.4 is 10.9 Å². The van der Waals surface area contributed by atoms with Crippen LogP contribution in [0.3, 0.4) is 0 Å². The fourth-order valence-electron chi connectivity index (χ4n) is 3.01. The van der Waals surface area contributed by atoms with Gasteiger partial charge in [0.2, 0.25) is 5.91 Å². The molecule has 0 bridgehead atoms. The number of aryl methyl sites for hydroxylation is 3. The van der Waals surface area contributed by atoms with Gasteiger partial charge in [-0.15, -0.1) is 0 Å². The molecule has 1 amide bonds. The molecule has 1 fully saturated rings. The second-order valence-corrected chi connectivity index (χ2v) is 6.45. The zero-order valence-electron chi connectivity index (χ0n) is 14.4. The highest BCUT2D eigenvalue weighted by molar-refractivity contribution is 5.81. The number of hydrogen-bond acceptors (Lipinski definition) is 4. The first-order chi connectivity index (χ1) is 11.5. The van der Waals surface area contributed by atoms with Gasteiger partial charge in [0.25, 0.3) is 5.56 Å². The Morgan fingerprint density at radius 2 is 2.08 bits per heavy atom. The van der Waals surface area contributed by atoms with E-state index >= 15 is 0 Å².